The van der Waals surface area contributed by atoms with E-state index in [-0.39, 0.29) is 10.1 Å². The van der Waals surface area contributed by atoms with Crippen LogP contribution in [0.25, 0.3) is 6.08 Å². The minimum Gasteiger partial charge on any atom is -0.435 e. The van der Waals surface area contributed by atoms with E-state index in [9.17, 15) is 18.4 Å². The van der Waals surface area contributed by atoms with Crippen LogP contribution in [0.4, 0.5) is 8.78 Å². The number of benzene rings is 1. The maximum absolute atomic E-state index is 12.1. The van der Waals surface area contributed by atoms with Crippen LogP contribution >= 0.6 is 24.0 Å². The van der Waals surface area contributed by atoms with Gasteiger partial charge < -0.3 is 4.74 Å². The van der Waals surface area contributed by atoms with Crippen molar-refractivity contribution in [2.75, 3.05) is 0 Å². The second-order valence-electron chi connectivity index (χ2n) is 4.13. The van der Waals surface area contributed by atoms with Gasteiger partial charge in [0.2, 0.25) is 5.91 Å². The van der Waals surface area contributed by atoms with Gasteiger partial charge in [0.05, 0.1) is 4.91 Å². The SMILES string of the molecule is CC(=O)NN1C(=O)C(=Cc2ccc(OC(F)F)cc2)SC1=S. The molecule has 2 amide bonds. The Kier molecular flexibility index (Phi) is 5.09. The summed E-state index contributed by atoms with van der Waals surface area (Å²) in [7, 11) is 0. The number of rotatable bonds is 4. The average molecular weight is 344 g/mol. The molecule has 0 saturated carbocycles. The second kappa shape index (κ2) is 6.84. The van der Waals surface area contributed by atoms with Crippen molar-refractivity contribution in [3.8, 4) is 5.75 Å². The van der Waals surface area contributed by atoms with E-state index >= 15 is 0 Å². The number of nitrogens with one attached hydrogen (secondary N) is 1. The molecule has 5 nitrogen and oxygen atoms in total. The highest BCUT2D eigenvalue weighted by Crippen LogP contribution is 2.31. The van der Waals surface area contributed by atoms with Crippen LogP contribution in [-0.4, -0.2) is 27.8 Å². The molecule has 0 unspecified atom stereocenters. The summed E-state index contributed by atoms with van der Waals surface area (Å²) in [4.78, 5) is 23.4. The number of thioether (sulfide) groups is 1. The van der Waals surface area contributed by atoms with Crippen LogP contribution < -0.4 is 10.2 Å². The molecule has 1 aromatic rings. The van der Waals surface area contributed by atoms with Crippen molar-refractivity contribution in [3.63, 3.8) is 0 Å². The summed E-state index contributed by atoms with van der Waals surface area (Å²) in [6, 6.07) is 5.80. The summed E-state index contributed by atoms with van der Waals surface area (Å²) in [6.07, 6.45) is 1.55. The van der Waals surface area contributed by atoms with Crippen molar-refractivity contribution in [1.29, 1.82) is 0 Å². The van der Waals surface area contributed by atoms with Gasteiger partial charge in [0, 0.05) is 6.92 Å². The van der Waals surface area contributed by atoms with Crippen LogP contribution in [0.1, 0.15) is 12.5 Å². The maximum Gasteiger partial charge on any atom is 0.387 e. The summed E-state index contributed by atoms with van der Waals surface area (Å²) in [5.74, 6) is -0.831. The first kappa shape index (κ1) is 16.4. The Morgan fingerprint density at radius 2 is 2.05 bits per heavy atom. The fraction of sp³-hybridized carbons (Fsp3) is 0.154. The Bertz CT molecular complexity index is 647. The van der Waals surface area contributed by atoms with Crippen LogP contribution in [0, 0.1) is 0 Å². The minimum atomic E-state index is -2.89. The normalized spacial score (nSPS) is 16.5. The van der Waals surface area contributed by atoms with E-state index in [2.05, 4.69) is 10.2 Å². The highest BCUT2D eigenvalue weighted by molar-refractivity contribution is 8.26. The number of halogens is 2. The third-order valence-electron chi connectivity index (χ3n) is 2.47. The summed E-state index contributed by atoms with van der Waals surface area (Å²) in [5, 5.41) is 0.989. The average Bonchev–Trinajstić information content (AvgIpc) is 2.68. The lowest BCUT2D eigenvalue weighted by atomic mass is 10.2. The molecule has 0 spiro atoms. The summed E-state index contributed by atoms with van der Waals surface area (Å²) < 4.78 is 28.6. The van der Waals surface area contributed by atoms with Crippen molar-refractivity contribution in [1.82, 2.24) is 10.4 Å². The number of hydrazine groups is 1. The first-order valence-electron chi connectivity index (χ1n) is 5.97. The van der Waals surface area contributed by atoms with Crippen LogP contribution in [-0.2, 0) is 9.59 Å². The minimum absolute atomic E-state index is 0.0259. The Morgan fingerprint density at radius 3 is 2.59 bits per heavy atom. The zero-order valence-corrected chi connectivity index (χ0v) is 12.8. The zero-order valence-electron chi connectivity index (χ0n) is 11.2. The second-order valence-corrected chi connectivity index (χ2v) is 5.81. The van der Waals surface area contributed by atoms with Crippen LogP contribution in [0.5, 0.6) is 5.75 Å². The first-order chi connectivity index (χ1) is 10.4. The molecule has 9 heteroatoms. The predicted molar refractivity (Wildman–Crippen MR) is 81.9 cm³/mol. The molecule has 0 radical (unpaired) electrons. The number of carbonyl (C=O) groups is 2. The number of carbonyl (C=O) groups excluding carboxylic acids is 2. The lowest BCUT2D eigenvalue weighted by molar-refractivity contribution is -0.131. The van der Waals surface area contributed by atoms with Crippen LogP contribution in [0.3, 0.4) is 0 Å². The lowest BCUT2D eigenvalue weighted by Gasteiger charge is -2.13. The molecule has 1 fully saturated rings. The number of nitrogens with zero attached hydrogens (tertiary/aromatic N) is 1. The van der Waals surface area contributed by atoms with Gasteiger partial charge in [-0.15, -0.1) is 0 Å². The van der Waals surface area contributed by atoms with E-state index in [1.807, 2.05) is 0 Å². The zero-order chi connectivity index (χ0) is 16.3. The molecule has 0 bridgehead atoms. The molecule has 2 rings (SSSR count). The third-order valence-corrected chi connectivity index (χ3v) is 3.77. The lowest BCUT2D eigenvalue weighted by Crippen LogP contribution is -2.43. The van der Waals surface area contributed by atoms with Crippen molar-refractivity contribution in [2.45, 2.75) is 13.5 Å². The molecular weight excluding hydrogens is 334 g/mol. The van der Waals surface area contributed by atoms with E-state index in [4.69, 9.17) is 12.2 Å². The van der Waals surface area contributed by atoms with Gasteiger partial charge in [0.25, 0.3) is 5.91 Å². The topological polar surface area (TPSA) is 58.6 Å². The fourth-order valence-corrected chi connectivity index (χ4v) is 2.80. The molecule has 1 aliphatic rings. The number of ether oxygens (including phenoxy) is 1. The highest BCUT2D eigenvalue weighted by Gasteiger charge is 2.32. The predicted octanol–water partition coefficient (Wildman–Crippen LogP) is 2.54. The molecule has 1 N–H and O–H groups in total. The van der Waals surface area contributed by atoms with Gasteiger partial charge in [-0.1, -0.05) is 23.9 Å². The number of hydrogen-bond donors (Lipinski definition) is 1. The highest BCUT2D eigenvalue weighted by atomic mass is 32.2. The smallest absolute Gasteiger partial charge is 0.387 e. The first-order valence-corrected chi connectivity index (χ1v) is 7.19. The standard InChI is InChI=1S/C13H10F2N2O3S2/c1-7(18)16-17-11(19)10(22-13(17)21)6-8-2-4-9(5-3-8)20-12(14)15/h2-6,12H,1H3,(H,16,18). The molecular formula is C13H10F2N2O3S2. The monoisotopic (exact) mass is 344 g/mol. The Labute approximate surface area is 134 Å². The molecule has 0 aromatic heterocycles. The summed E-state index contributed by atoms with van der Waals surface area (Å²) in [5.41, 5.74) is 2.94. The molecule has 0 atom stereocenters. The number of hydrogen-bond acceptors (Lipinski definition) is 5. The number of alkyl halides is 2. The van der Waals surface area contributed by atoms with E-state index in [1.165, 1.54) is 31.2 Å². The van der Waals surface area contributed by atoms with E-state index in [0.717, 1.165) is 16.8 Å². The van der Waals surface area contributed by atoms with E-state index in [1.54, 1.807) is 6.08 Å². The molecule has 0 aliphatic carbocycles. The van der Waals surface area contributed by atoms with Crippen LogP contribution in [0.2, 0.25) is 0 Å². The Balaban J connectivity index is 2.14. The van der Waals surface area contributed by atoms with Gasteiger partial charge >= 0.3 is 6.61 Å². The number of thiocarbonyl (C=S) groups is 1. The van der Waals surface area contributed by atoms with Gasteiger partial charge in [-0.05, 0) is 36.0 Å². The van der Waals surface area contributed by atoms with Crippen molar-refractivity contribution in [2.24, 2.45) is 0 Å². The molecule has 1 heterocycles. The van der Waals surface area contributed by atoms with Gasteiger partial charge in [-0.3, -0.25) is 15.0 Å². The van der Waals surface area contributed by atoms with Crippen molar-refractivity contribution >= 4 is 46.2 Å². The van der Waals surface area contributed by atoms with Gasteiger partial charge in [0.15, 0.2) is 4.32 Å². The summed E-state index contributed by atoms with van der Waals surface area (Å²) in [6.45, 7) is -1.62. The largest absolute Gasteiger partial charge is 0.435 e. The van der Waals surface area contributed by atoms with Gasteiger partial charge in [-0.2, -0.15) is 13.8 Å². The third kappa shape index (κ3) is 4.01. The van der Waals surface area contributed by atoms with Crippen molar-refractivity contribution < 1.29 is 23.1 Å². The summed E-state index contributed by atoms with van der Waals surface area (Å²) >= 11 is 6.04. The van der Waals surface area contributed by atoms with Crippen LogP contribution in [0.15, 0.2) is 29.2 Å². The van der Waals surface area contributed by atoms with Gasteiger partial charge in [-0.25, -0.2) is 0 Å². The van der Waals surface area contributed by atoms with Crippen molar-refractivity contribution in [3.05, 3.63) is 34.7 Å². The molecule has 116 valence electrons. The van der Waals surface area contributed by atoms with Gasteiger partial charge in [0.1, 0.15) is 5.75 Å². The molecule has 1 aliphatic heterocycles. The fourth-order valence-electron chi connectivity index (χ4n) is 1.62. The van der Waals surface area contributed by atoms with E-state index in [0.29, 0.717) is 10.5 Å². The number of amides is 2. The molecule has 1 saturated heterocycles. The Hall–Kier alpha value is -2.00. The molecule has 22 heavy (non-hydrogen) atoms. The Morgan fingerprint density at radius 1 is 1.41 bits per heavy atom. The van der Waals surface area contributed by atoms with E-state index < -0.39 is 18.4 Å². The quantitative estimate of drug-likeness (QED) is 0.672. The molecule has 1 aromatic carbocycles. The maximum atomic E-state index is 12.1.